The maximum Gasteiger partial charge on any atom is 0.305 e. The first kappa shape index (κ1) is 25.9. The van der Waals surface area contributed by atoms with Crippen LogP contribution in [-0.2, 0) is 14.3 Å². The molecule has 0 fully saturated rings. The van der Waals surface area contributed by atoms with Crippen LogP contribution in [0.3, 0.4) is 0 Å². The van der Waals surface area contributed by atoms with E-state index >= 15 is 0 Å². The second-order valence-electron chi connectivity index (χ2n) is 7.97. The quantitative estimate of drug-likeness (QED) is 0.170. The molecular formula is C26H38O4. The Hall–Kier alpha value is -2.12. The van der Waals surface area contributed by atoms with E-state index in [0.29, 0.717) is 32.3 Å². The Morgan fingerprint density at radius 1 is 1.23 bits per heavy atom. The zero-order valence-electron chi connectivity index (χ0n) is 18.6. The van der Waals surface area contributed by atoms with Crippen molar-refractivity contribution in [3.63, 3.8) is 0 Å². The molecule has 0 saturated heterocycles. The number of unbranched alkanes of at least 4 members (excludes halogenated alkanes) is 4. The van der Waals surface area contributed by atoms with E-state index in [4.69, 9.17) is 11.2 Å². The van der Waals surface area contributed by atoms with Gasteiger partial charge in [-0.3, -0.25) is 9.59 Å². The van der Waals surface area contributed by atoms with Crippen LogP contribution in [-0.4, -0.2) is 29.1 Å². The number of carbonyl (C=O) groups is 2. The second kappa shape index (κ2) is 14.8. The van der Waals surface area contributed by atoms with Gasteiger partial charge in [0.1, 0.15) is 5.60 Å². The summed E-state index contributed by atoms with van der Waals surface area (Å²) < 4.78 is 4.91. The summed E-state index contributed by atoms with van der Waals surface area (Å²) >= 11 is 0. The van der Waals surface area contributed by atoms with Gasteiger partial charge in [0.2, 0.25) is 0 Å². The third-order valence-corrected chi connectivity index (χ3v) is 5.45. The number of carbonyl (C=O) groups excluding carboxylic acids is 2. The van der Waals surface area contributed by atoms with Crippen molar-refractivity contribution >= 4 is 11.8 Å². The lowest BCUT2D eigenvalue weighted by Gasteiger charge is -2.21. The number of ether oxygens (including phenoxy) is 1. The summed E-state index contributed by atoms with van der Waals surface area (Å²) in [6.07, 6.45) is 25.0. The Balaban J connectivity index is 2.44. The maximum absolute atomic E-state index is 12.2. The highest BCUT2D eigenvalue weighted by atomic mass is 16.5. The third kappa shape index (κ3) is 10.1. The van der Waals surface area contributed by atoms with Crippen LogP contribution in [0.5, 0.6) is 0 Å². The van der Waals surface area contributed by atoms with Crippen molar-refractivity contribution in [3.05, 3.63) is 36.5 Å². The van der Waals surface area contributed by atoms with E-state index in [9.17, 15) is 14.7 Å². The van der Waals surface area contributed by atoms with Gasteiger partial charge >= 0.3 is 5.97 Å². The lowest BCUT2D eigenvalue weighted by atomic mass is 9.88. The molecule has 0 aliphatic heterocycles. The molecule has 4 heteroatoms. The summed E-state index contributed by atoms with van der Waals surface area (Å²) in [6.45, 7) is 4.37. The summed E-state index contributed by atoms with van der Waals surface area (Å²) in [5.41, 5.74) is -1.11. The van der Waals surface area contributed by atoms with Gasteiger partial charge in [-0.15, -0.1) is 6.42 Å². The Morgan fingerprint density at radius 3 is 2.73 bits per heavy atom. The number of ketones is 1. The molecule has 1 N–H and O–H groups in total. The third-order valence-electron chi connectivity index (χ3n) is 5.45. The minimum atomic E-state index is -1.11. The molecule has 0 bridgehead atoms. The highest BCUT2D eigenvalue weighted by Gasteiger charge is 2.27. The predicted octanol–water partition coefficient (Wildman–Crippen LogP) is 5.32. The maximum atomic E-state index is 12.2. The van der Waals surface area contributed by atoms with Crippen LogP contribution < -0.4 is 0 Å². The number of hydrogen-bond donors (Lipinski definition) is 1. The summed E-state index contributed by atoms with van der Waals surface area (Å²) in [7, 11) is 0. The Labute approximate surface area is 182 Å². The fourth-order valence-electron chi connectivity index (χ4n) is 3.58. The lowest BCUT2D eigenvalue weighted by Crippen LogP contribution is -2.25. The Kier molecular flexibility index (Phi) is 12.8. The normalized spacial score (nSPS) is 20.7. The fourth-order valence-corrected chi connectivity index (χ4v) is 3.58. The van der Waals surface area contributed by atoms with E-state index in [2.05, 4.69) is 12.8 Å². The summed E-state index contributed by atoms with van der Waals surface area (Å²) in [4.78, 5) is 23.5. The molecule has 30 heavy (non-hydrogen) atoms. The molecule has 0 saturated carbocycles. The molecule has 166 valence electrons. The van der Waals surface area contributed by atoms with Crippen molar-refractivity contribution in [2.75, 3.05) is 6.61 Å². The molecule has 1 aliphatic rings. The van der Waals surface area contributed by atoms with E-state index in [0.717, 1.165) is 38.5 Å². The highest BCUT2D eigenvalue weighted by Crippen LogP contribution is 2.28. The van der Waals surface area contributed by atoms with Crippen LogP contribution >= 0.6 is 0 Å². The number of hydrogen-bond acceptors (Lipinski definition) is 4. The van der Waals surface area contributed by atoms with Gasteiger partial charge < -0.3 is 9.84 Å². The zero-order valence-corrected chi connectivity index (χ0v) is 18.6. The zero-order chi connectivity index (χ0) is 22.2. The standard InChI is InChI=1S/C26H38O4/c1-4-7-8-13-20-26(29,5-2)21-14-15-22-18-19-24(27)23(22)16-11-9-10-12-17-25(28)30-6-3/h2,9,11,14-15,18-19,22-23,29H,4,6-8,10,12-13,16-17,20-21H2,1,3H3/b11-9-,15-14?/t22-,23+,26?/m0/s1. The van der Waals surface area contributed by atoms with Crippen molar-refractivity contribution in [2.45, 2.75) is 83.7 Å². The van der Waals surface area contributed by atoms with Crippen LogP contribution in [0.15, 0.2) is 36.5 Å². The van der Waals surface area contributed by atoms with Crippen molar-refractivity contribution in [1.29, 1.82) is 0 Å². The summed E-state index contributed by atoms with van der Waals surface area (Å²) in [5.74, 6) is 2.44. The summed E-state index contributed by atoms with van der Waals surface area (Å²) in [6, 6.07) is 0. The SMILES string of the molecule is C#CC(O)(CC=C[C@H]1C=CC(=O)[C@@H]1C/C=C\CCCC(=O)OCC)CCCCCC. The smallest absolute Gasteiger partial charge is 0.305 e. The molecule has 1 rings (SSSR count). The van der Waals surface area contributed by atoms with E-state index in [1.165, 1.54) is 0 Å². The molecule has 1 aliphatic carbocycles. The van der Waals surface area contributed by atoms with Crippen molar-refractivity contribution < 1.29 is 19.4 Å². The largest absolute Gasteiger partial charge is 0.466 e. The fraction of sp³-hybridized carbons (Fsp3) is 0.615. The molecule has 0 aromatic rings. The number of rotatable bonds is 15. The van der Waals surface area contributed by atoms with Crippen molar-refractivity contribution in [2.24, 2.45) is 11.8 Å². The molecule has 0 aromatic carbocycles. The molecule has 1 unspecified atom stereocenters. The van der Waals surface area contributed by atoms with Crippen LogP contribution in [0, 0.1) is 24.2 Å². The molecular weight excluding hydrogens is 376 g/mol. The average Bonchev–Trinajstić information content (AvgIpc) is 3.08. The Morgan fingerprint density at radius 2 is 2.03 bits per heavy atom. The van der Waals surface area contributed by atoms with E-state index in [1.807, 2.05) is 30.4 Å². The van der Waals surface area contributed by atoms with Crippen LogP contribution in [0.4, 0.5) is 0 Å². The molecule has 0 aromatic heterocycles. The molecule has 0 amide bonds. The summed E-state index contributed by atoms with van der Waals surface area (Å²) in [5, 5.41) is 10.6. The highest BCUT2D eigenvalue weighted by molar-refractivity contribution is 5.95. The van der Waals surface area contributed by atoms with E-state index in [1.54, 1.807) is 13.0 Å². The molecule has 0 heterocycles. The molecule has 4 nitrogen and oxygen atoms in total. The van der Waals surface area contributed by atoms with Crippen molar-refractivity contribution in [3.8, 4) is 12.3 Å². The second-order valence-corrected chi connectivity index (χ2v) is 7.97. The topological polar surface area (TPSA) is 63.6 Å². The monoisotopic (exact) mass is 414 g/mol. The van der Waals surface area contributed by atoms with Gasteiger partial charge in [0, 0.05) is 24.7 Å². The van der Waals surface area contributed by atoms with Gasteiger partial charge in [-0.1, -0.05) is 62.5 Å². The van der Waals surface area contributed by atoms with Gasteiger partial charge in [-0.2, -0.15) is 0 Å². The number of terminal acetylenes is 1. The minimum absolute atomic E-state index is 0.0313. The number of aliphatic hydroxyl groups is 1. The van der Waals surface area contributed by atoms with Crippen molar-refractivity contribution in [1.82, 2.24) is 0 Å². The van der Waals surface area contributed by atoms with E-state index in [-0.39, 0.29) is 23.6 Å². The Bertz CT molecular complexity index is 652. The molecule has 0 radical (unpaired) electrons. The number of esters is 1. The van der Waals surface area contributed by atoms with Gasteiger partial charge in [0.15, 0.2) is 5.78 Å². The first-order valence-electron chi connectivity index (χ1n) is 11.3. The van der Waals surface area contributed by atoms with Gasteiger partial charge in [-0.05, 0) is 45.1 Å². The molecule has 3 atom stereocenters. The predicted molar refractivity (Wildman–Crippen MR) is 122 cm³/mol. The first-order valence-corrected chi connectivity index (χ1v) is 11.3. The van der Waals surface area contributed by atoms with Crippen LogP contribution in [0.2, 0.25) is 0 Å². The van der Waals surface area contributed by atoms with Gasteiger partial charge in [-0.25, -0.2) is 0 Å². The number of allylic oxidation sites excluding steroid dienone is 5. The van der Waals surface area contributed by atoms with Gasteiger partial charge in [0.25, 0.3) is 0 Å². The van der Waals surface area contributed by atoms with Crippen LogP contribution in [0.25, 0.3) is 0 Å². The van der Waals surface area contributed by atoms with Gasteiger partial charge in [0.05, 0.1) is 6.61 Å². The van der Waals surface area contributed by atoms with Crippen LogP contribution in [0.1, 0.15) is 78.1 Å². The first-order chi connectivity index (χ1) is 14.5. The average molecular weight is 415 g/mol. The minimum Gasteiger partial charge on any atom is -0.466 e. The van der Waals surface area contributed by atoms with E-state index < -0.39 is 5.60 Å². The molecule has 0 spiro atoms. The lowest BCUT2D eigenvalue weighted by molar-refractivity contribution is -0.143.